The normalized spacial score (nSPS) is 17.8. The van der Waals surface area contributed by atoms with Crippen molar-refractivity contribution in [3.8, 4) is 0 Å². The summed E-state index contributed by atoms with van der Waals surface area (Å²) in [5.74, 6) is -0.371. The summed E-state index contributed by atoms with van der Waals surface area (Å²) in [5.41, 5.74) is -0.486. The molecule has 1 fully saturated rings. The first-order chi connectivity index (χ1) is 9.26. The van der Waals surface area contributed by atoms with Crippen LogP contribution in [0.3, 0.4) is 0 Å². The molecular weight excluding hydrogens is 274 g/mol. The summed E-state index contributed by atoms with van der Waals surface area (Å²) in [6, 6.07) is 0. The van der Waals surface area contributed by atoms with Gasteiger partial charge in [-0.05, 0) is 39.9 Å². The van der Waals surface area contributed by atoms with Crippen molar-refractivity contribution < 1.29 is 14.3 Å². The molecule has 5 heteroatoms. The summed E-state index contributed by atoms with van der Waals surface area (Å²) in [4.78, 5) is 23.3. The van der Waals surface area contributed by atoms with E-state index in [0.29, 0.717) is 6.54 Å². The lowest BCUT2D eigenvalue weighted by atomic mass is 10.1. The molecule has 0 unspecified atom stereocenters. The van der Waals surface area contributed by atoms with Crippen LogP contribution in [-0.4, -0.2) is 35.0 Å². The Hall–Kier alpha value is -0.710. The second-order valence-corrected chi connectivity index (χ2v) is 7.73. The van der Waals surface area contributed by atoms with Crippen LogP contribution in [0.4, 0.5) is 0 Å². The average molecular weight is 301 g/mol. The molecule has 116 valence electrons. The van der Waals surface area contributed by atoms with Crippen molar-refractivity contribution in [1.82, 2.24) is 5.32 Å². The zero-order valence-electron chi connectivity index (χ0n) is 13.1. The maximum Gasteiger partial charge on any atom is 0.306 e. The van der Waals surface area contributed by atoms with Crippen molar-refractivity contribution in [1.29, 1.82) is 0 Å². The molecule has 0 aromatic heterocycles. The van der Waals surface area contributed by atoms with Crippen LogP contribution in [0.15, 0.2) is 0 Å². The Labute approximate surface area is 126 Å². The number of hydrogen-bond donors (Lipinski definition) is 1. The minimum Gasteiger partial charge on any atom is -0.460 e. The SMILES string of the molecule is CSC1(CNC(=O)CCC(=O)OC(C)(C)C)CCCC1. The third kappa shape index (κ3) is 6.16. The molecule has 0 aromatic carbocycles. The Balaban J connectivity index is 2.25. The second-order valence-electron chi connectivity index (χ2n) is 6.46. The van der Waals surface area contributed by atoms with Gasteiger partial charge in [0.2, 0.25) is 5.91 Å². The van der Waals surface area contributed by atoms with Crippen LogP contribution in [0, 0.1) is 0 Å². The summed E-state index contributed by atoms with van der Waals surface area (Å²) in [6.07, 6.45) is 7.29. The van der Waals surface area contributed by atoms with Crippen LogP contribution in [0.1, 0.15) is 59.3 Å². The van der Waals surface area contributed by atoms with Gasteiger partial charge in [-0.1, -0.05) is 12.8 Å². The van der Waals surface area contributed by atoms with E-state index < -0.39 is 5.60 Å². The van der Waals surface area contributed by atoms with Crippen LogP contribution in [0.2, 0.25) is 0 Å². The van der Waals surface area contributed by atoms with Gasteiger partial charge in [0, 0.05) is 17.7 Å². The Bertz CT molecular complexity index is 344. The topological polar surface area (TPSA) is 55.4 Å². The van der Waals surface area contributed by atoms with E-state index in [1.54, 1.807) is 0 Å². The molecule has 1 rings (SSSR count). The van der Waals surface area contributed by atoms with Crippen LogP contribution in [-0.2, 0) is 14.3 Å². The first-order valence-electron chi connectivity index (χ1n) is 7.30. The number of hydrogen-bond acceptors (Lipinski definition) is 4. The lowest BCUT2D eigenvalue weighted by Crippen LogP contribution is -2.38. The van der Waals surface area contributed by atoms with Crippen molar-refractivity contribution in [3.05, 3.63) is 0 Å². The molecule has 20 heavy (non-hydrogen) atoms. The van der Waals surface area contributed by atoms with Gasteiger partial charge in [-0.25, -0.2) is 0 Å². The number of thioether (sulfide) groups is 1. The highest BCUT2D eigenvalue weighted by Crippen LogP contribution is 2.39. The van der Waals surface area contributed by atoms with Crippen LogP contribution in [0.25, 0.3) is 0 Å². The Morgan fingerprint density at radius 1 is 1.20 bits per heavy atom. The maximum absolute atomic E-state index is 11.8. The van der Waals surface area contributed by atoms with E-state index in [1.807, 2.05) is 32.5 Å². The molecule has 0 heterocycles. The van der Waals surface area contributed by atoms with E-state index in [0.717, 1.165) is 0 Å². The Morgan fingerprint density at radius 3 is 2.30 bits per heavy atom. The summed E-state index contributed by atoms with van der Waals surface area (Å²) in [7, 11) is 0. The lowest BCUT2D eigenvalue weighted by molar-refractivity contribution is -0.155. The van der Waals surface area contributed by atoms with E-state index in [9.17, 15) is 9.59 Å². The second kappa shape index (κ2) is 7.34. The van der Waals surface area contributed by atoms with E-state index in [-0.39, 0.29) is 29.5 Å². The van der Waals surface area contributed by atoms with Crippen molar-refractivity contribution in [2.75, 3.05) is 12.8 Å². The highest BCUT2D eigenvalue weighted by molar-refractivity contribution is 8.00. The molecular formula is C15H27NO3S. The molecule has 0 atom stereocenters. The van der Waals surface area contributed by atoms with Crippen molar-refractivity contribution in [3.63, 3.8) is 0 Å². The molecule has 0 bridgehead atoms. The van der Waals surface area contributed by atoms with Crippen LogP contribution in [0.5, 0.6) is 0 Å². The van der Waals surface area contributed by atoms with E-state index in [4.69, 9.17) is 4.74 Å². The molecule has 0 spiro atoms. The van der Waals surface area contributed by atoms with Crippen molar-refractivity contribution >= 4 is 23.6 Å². The van der Waals surface area contributed by atoms with E-state index >= 15 is 0 Å². The van der Waals surface area contributed by atoms with Gasteiger partial charge in [-0.3, -0.25) is 9.59 Å². The smallest absolute Gasteiger partial charge is 0.306 e. The van der Waals surface area contributed by atoms with Crippen LogP contribution >= 0.6 is 11.8 Å². The standard InChI is InChI=1S/C15H27NO3S/c1-14(2,3)19-13(18)8-7-12(17)16-11-15(20-4)9-5-6-10-15/h5-11H2,1-4H3,(H,16,17). The molecule has 0 aromatic rings. The van der Waals surface area contributed by atoms with Crippen LogP contribution < -0.4 is 5.32 Å². The maximum atomic E-state index is 11.8. The predicted octanol–water partition coefficient (Wildman–Crippen LogP) is 2.90. The number of amides is 1. The third-order valence-electron chi connectivity index (χ3n) is 3.53. The van der Waals surface area contributed by atoms with E-state index in [2.05, 4.69) is 11.6 Å². The Kier molecular flexibility index (Phi) is 6.37. The number of nitrogens with one attached hydrogen (secondary N) is 1. The zero-order chi connectivity index (χ0) is 15.2. The molecule has 1 N–H and O–H groups in total. The largest absolute Gasteiger partial charge is 0.460 e. The molecule has 1 amide bonds. The fourth-order valence-corrected chi connectivity index (χ4v) is 3.34. The van der Waals surface area contributed by atoms with Gasteiger partial charge >= 0.3 is 5.97 Å². The molecule has 1 saturated carbocycles. The van der Waals surface area contributed by atoms with Gasteiger partial charge in [0.05, 0.1) is 6.42 Å². The zero-order valence-corrected chi connectivity index (χ0v) is 13.9. The molecule has 1 aliphatic rings. The van der Waals surface area contributed by atoms with Gasteiger partial charge in [0.1, 0.15) is 5.60 Å². The highest BCUT2D eigenvalue weighted by Gasteiger charge is 2.33. The highest BCUT2D eigenvalue weighted by atomic mass is 32.2. The summed E-state index contributed by atoms with van der Waals surface area (Å²) >= 11 is 1.85. The predicted molar refractivity (Wildman–Crippen MR) is 82.8 cm³/mol. The fourth-order valence-electron chi connectivity index (χ4n) is 2.43. The Morgan fingerprint density at radius 2 is 1.80 bits per heavy atom. The quantitative estimate of drug-likeness (QED) is 0.766. The van der Waals surface area contributed by atoms with Gasteiger partial charge in [-0.15, -0.1) is 0 Å². The van der Waals surface area contributed by atoms with Gasteiger partial charge in [0.15, 0.2) is 0 Å². The minimum atomic E-state index is -0.486. The number of esters is 1. The van der Waals surface area contributed by atoms with Gasteiger partial charge in [0.25, 0.3) is 0 Å². The van der Waals surface area contributed by atoms with Gasteiger partial charge < -0.3 is 10.1 Å². The number of carbonyl (C=O) groups excluding carboxylic acids is 2. The summed E-state index contributed by atoms with van der Waals surface area (Å²) < 4.78 is 5.39. The van der Waals surface area contributed by atoms with Crippen molar-refractivity contribution in [2.24, 2.45) is 0 Å². The van der Waals surface area contributed by atoms with Crippen molar-refractivity contribution in [2.45, 2.75) is 69.6 Å². The third-order valence-corrected chi connectivity index (χ3v) is 4.95. The number of rotatable bonds is 6. The fraction of sp³-hybridized carbons (Fsp3) is 0.867. The van der Waals surface area contributed by atoms with Gasteiger partial charge in [-0.2, -0.15) is 11.8 Å². The average Bonchev–Trinajstić information content (AvgIpc) is 2.81. The monoisotopic (exact) mass is 301 g/mol. The summed E-state index contributed by atoms with van der Waals surface area (Å²) in [6.45, 7) is 6.19. The number of carbonyl (C=O) groups is 2. The molecule has 0 radical (unpaired) electrons. The molecule has 0 saturated heterocycles. The molecule has 1 aliphatic carbocycles. The molecule has 4 nitrogen and oxygen atoms in total. The van der Waals surface area contributed by atoms with E-state index in [1.165, 1.54) is 25.7 Å². The first-order valence-corrected chi connectivity index (χ1v) is 8.52. The first kappa shape index (κ1) is 17.3. The number of ether oxygens (including phenoxy) is 1. The molecule has 0 aliphatic heterocycles. The minimum absolute atomic E-state index is 0.0591. The lowest BCUT2D eigenvalue weighted by Gasteiger charge is -2.26. The summed E-state index contributed by atoms with van der Waals surface area (Å²) in [5, 5.41) is 2.97.